The Morgan fingerprint density at radius 3 is 3.00 bits per heavy atom. The highest BCUT2D eigenvalue weighted by molar-refractivity contribution is 7.14. The van der Waals surface area contributed by atoms with Gasteiger partial charge in [0.15, 0.2) is 0 Å². The number of carbonyl (C=O) groups is 1. The number of amides is 1. The second-order valence-electron chi connectivity index (χ2n) is 5.21. The number of aryl methyl sites for hydroxylation is 2. The van der Waals surface area contributed by atoms with Crippen molar-refractivity contribution in [3.63, 3.8) is 0 Å². The van der Waals surface area contributed by atoms with Crippen molar-refractivity contribution in [3.8, 4) is 0 Å². The number of rotatable bonds is 5. The molecule has 1 atom stereocenters. The number of hydrogen-bond acceptors (Lipinski definition) is 3. The zero-order valence-electron chi connectivity index (χ0n) is 11.8. The smallest absolute Gasteiger partial charge is 0.264 e. The van der Waals surface area contributed by atoms with Gasteiger partial charge in [-0.05, 0) is 50.7 Å². The number of hydrogen-bond donors (Lipinski definition) is 1. The lowest BCUT2D eigenvalue weighted by Gasteiger charge is -2.24. The summed E-state index contributed by atoms with van der Waals surface area (Å²) in [4.78, 5) is 16.7. The molecular weight excluding hydrogens is 258 g/mol. The summed E-state index contributed by atoms with van der Waals surface area (Å²) in [6.07, 6.45) is 4.87. The summed E-state index contributed by atoms with van der Waals surface area (Å²) >= 11 is 1.62. The molecule has 1 N–H and O–H groups in total. The minimum absolute atomic E-state index is 0.188. The Labute approximate surface area is 119 Å². The molecule has 0 aromatic carbocycles. The molecule has 1 aliphatic heterocycles. The number of likely N-dealkylation sites (tertiary alicyclic amines) is 1. The Morgan fingerprint density at radius 2 is 2.37 bits per heavy atom. The Kier molecular flexibility index (Phi) is 4.99. The maximum atomic E-state index is 12.6. The van der Waals surface area contributed by atoms with Crippen LogP contribution in [0.3, 0.4) is 0 Å². The zero-order valence-corrected chi connectivity index (χ0v) is 12.6. The van der Waals surface area contributed by atoms with Crippen LogP contribution < -0.4 is 0 Å². The fourth-order valence-electron chi connectivity index (χ4n) is 2.85. The van der Waals surface area contributed by atoms with Crippen molar-refractivity contribution in [1.29, 1.82) is 0 Å². The molecule has 0 aliphatic carbocycles. The van der Waals surface area contributed by atoms with Crippen LogP contribution in [0.15, 0.2) is 6.07 Å². The molecular formula is C15H23NO2S. The molecule has 1 fully saturated rings. The van der Waals surface area contributed by atoms with Crippen molar-refractivity contribution in [1.82, 2.24) is 4.90 Å². The lowest BCUT2D eigenvalue weighted by atomic mass is 10.1. The highest BCUT2D eigenvalue weighted by atomic mass is 32.1. The fourth-order valence-corrected chi connectivity index (χ4v) is 3.92. The molecule has 1 aromatic rings. The van der Waals surface area contributed by atoms with E-state index < -0.39 is 0 Å². The van der Waals surface area contributed by atoms with Crippen molar-refractivity contribution in [3.05, 3.63) is 21.4 Å². The largest absolute Gasteiger partial charge is 0.396 e. The van der Waals surface area contributed by atoms with Gasteiger partial charge in [0.2, 0.25) is 0 Å². The normalized spacial score (nSPS) is 19.1. The Balaban J connectivity index is 2.09. The Morgan fingerprint density at radius 1 is 1.58 bits per heavy atom. The van der Waals surface area contributed by atoms with Crippen molar-refractivity contribution in [2.45, 2.75) is 52.0 Å². The summed E-state index contributed by atoms with van der Waals surface area (Å²) in [6.45, 7) is 5.31. The van der Waals surface area contributed by atoms with Gasteiger partial charge in [0.1, 0.15) is 0 Å². The van der Waals surface area contributed by atoms with Crippen LogP contribution in [0.5, 0.6) is 0 Å². The number of carbonyl (C=O) groups excluding carboxylic acids is 1. The van der Waals surface area contributed by atoms with Crippen LogP contribution >= 0.6 is 11.3 Å². The van der Waals surface area contributed by atoms with Crippen LogP contribution in [0.2, 0.25) is 0 Å². The first-order valence-electron chi connectivity index (χ1n) is 7.18. The van der Waals surface area contributed by atoms with E-state index in [1.807, 2.05) is 4.90 Å². The quantitative estimate of drug-likeness (QED) is 0.901. The first kappa shape index (κ1) is 14.5. The molecule has 0 spiro atoms. The lowest BCUT2D eigenvalue weighted by Crippen LogP contribution is -2.35. The lowest BCUT2D eigenvalue weighted by molar-refractivity contribution is 0.0729. The van der Waals surface area contributed by atoms with E-state index >= 15 is 0 Å². The van der Waals surface area contributed by atoms with E-state index in [4.69, 9.17) is 5.11 Å². The van der Waals surface area contributed by atoms with Gasteiger partial charge in [-0.15, -0.1) is 11.3 Å². The summed E-state index contributed by atoms with van der Waals surface area (Å²) < 4.78 is 0. The third-order valence-electron chi connectivity index (χ3n) is 3.95. The molecule has 0 saturated carbocycles. The van der Waals surface area contributed by atoms with Crippen LogP contribution in [-0.4, -0.2) is 35.1 Å². The van der Waals surface area contributed by atoms with Gasteiger partial charge in [-0.2, -0.15) is 0 Å². The minimum Gasteiger partial charge on any atom is -0.396 e. The van der Waals surface area contributed by atoms with Gasteiger partial charge in [-0.3, -0.25) is 4.79 Å². The van der Waals surface area contributed by atoms with Crippen LogP contribution in [0.1, 0.15) is 52.7 Å². The van der Waals surface area contributed by atoms with Crippen LogP contribution in [-0.2, 0) is 6.42 Å². The topological polar surface area (TPSA) is 40.5 Å². The average Bonchev–Trinajstić information content (AvgIpc) is 3.01. The first-order valence-corrected chi connectivity index (χ1v) is 8.00. The highest BCUT2D eigenvalue weighted by Gasteiger charge is 2.29. The molecule has 3 nitrogen and oxygen atoms in total. The van der Waals surface area contributed by atoms with E-state index in [2.05, 4.69) is 19.9 Å². The van der Waals surface area contributed by atoms with Gasteiger partial charge >= 0.3 is 0 Å². The van der Waals surface area contributed by atoms with E-state index in [-0.39, 0.29) is 12.5 Å². The first-order chi connectivity index (χ1) is 9.17. The van der Waals surface area contributed by atoms with Crippen molar-refractivity contribution in [2.75, 3.05) is 13.2 Å². The maximum absolute atomic E-state index is 12.6. The number of aliphatic hydroxyl groups is 1. The minimum atomic E-state index is 0.188. The van der Waals surface area contributed by atoms with Gasteiger partial charge < -0.3 is 10.0 Å². The molecule has 1 amide bonds. The zero-order chi connectivity index (χ0) is 13.8. The van der Waals surface area contributed by atoms with Crippen molar-refractivity contribution in [2.24, 2.45) is 0 Å². The predicted octanol–water partition coefficient (Wildman–Crippen LogP) is 3.00. The third-order valence-corrected chi connectivity index (χ3v) is 5.03. The van der Waals surface area contributed by atoms with Crippen LogP contribution in [0, 0.1) is 6.92 Å². The molecule has 19 heavy (non-hydrogen) atoms. The van der Waals surface area contributed by atoms with E-state index in [9.17, 15) is 4.79 Å². The van der Waals surface area contributed by atoms with E-state index in [0.29, 0.717) is 6.04 Å². The Hall–Kier alpha value is -0.870. The predicted molar refractivity (Wildman–Crippen MR) is 78.8 cm³/mol. The van der Waals surface area contributed by atoms with Gasteiger partial charge in [-0.25, -0.2) is 0 Å². The third kappa shape index (κ3) is 3.18. The molecule has 2 heterocycles. The number of nitrogens with zero attached hydrogens (tertiary/aromatic N) is 1. The van der Waals surface area contributed by atoms with Crippen LogP contribution in [0.25, 0.3) is 0 Å². The summed E-state index contributed by atoms with van der Waals surface area (Å²) in [5, 5.41) is 8.94. The van der Waals surface area contributed by atoms with Gasteiger partial charge in [-0.1, -0.05) is 6.92 Å². The summed E-state index contributed by atoms with van der Waals surface area (Å²) in [7, 11) is 0. The summed E-state index contributed by atoms with van der Waals surface area (Å²) in [5.41, 5.74) is 1.29. The molecule has 2 rings (SSSR count). The SMILES string of the molecule is CCc1cc(C(=O)N2CCCC2CCCO)sc1C. The van der Waals surface area contributed by atoms with E-state index in [1.165, 1.54) is 10.4 Å². The van der Waals surface area contributed by atoms with Gasteiger partial charge in [0.25, 0.3) is 5.91 Å². The molecule has 4 heteroatoms. The van der Waals surface area contributed by atoms with Crippen molar-refractivity contribution < 1.29 is 9.90 Å². The molecule has 106 valence electrons. The standard InChI is InChI=1S/C15H23NO2S/c1-3-12-10-14(19-11(12)2)15(18)16-8-4-6-13(16)7-5-9-17/h10,13,17H,3-9H2,1-2H3. The number of thiophene rings is 1. The average molecular weight is 281 g/mol. The molecule has 0 radical (unpaired) electrons. The van der Waals surface area contributed by atoms with E-state index in [1.54, 1.807) is 11.3 Å². The Bertz CT molecular complexity index is 441. The van der Waals surface area contributed by atoms with Gasteiger partial charge in [0, 0.05) is 24.1 Å². The monoisotopic (exact) mass is 281 g/mol. The highest BCUT2D eigenvalue weighted by Crippen LogP contribution is 2.28. The second-order valence-corrected chi connectivity index (χ2v) is 6.46. The summed E-state index contributed by atoms with van der Waals surface area (Å²) in [5.74, 6) is 0.188. The second kappa shape index (κ2) is 6.53. The fraction of sp³-hybridized carbons (Fsp3) is 0.667. The molecule has 1 aliphatic rings. The number of aliphatic hydroxyl groups excluding tert-OH is 1. The molecule has 1 aromatic heterocycles. The summed E-state index contributed by atoms with van der Waals surface area (Å²) in [6, 6.07) is 2.39. The van der Waals surface area contributed by atoms with Gasteiger partial charge in [0.05, 0.1) is 4.88 Å². The molecule has 0 bridgehead atoms. The molecule has 1 unspecified atom stereocenters. The van der Waals surface area contributed by atoms with Crippen LogP contribution in [0.4, 0.5) is 0 Å². The molecule has 1 saturated heterocycles. The maximum Gasteiger partial charge on any atom is 0.264 e. The van der Waals surface area contributed by atoms with Crippen molar-refractivity contribution >= 4 is 17.2 Å². The van der Waals surface area contributed by atoms with E-state index in [0.717, 1.165) is 43.5 Å².